The van der Waals surface area contributed by atoms with Crippen molar-refractivity contribution in [1.29, 1.82) is 0 Å². The molecule has 2 rings (SSSR count). The third-order valence-electron chi connectivity index (χ3n) is 2.67. The van der Waals surface area contributed by atoms with Gasteiger partial charge in [-0.05, 0) is 17.7 Å². The topological polar surface area (TPSA) is 46.2 Å². The van der Waals surface area contributed by atoms with E-state index < -0.39 is 10.2 Å². The number of nitrogens with zero attached hydrogens (tertiary/aromatic N) is 3. The minimum atomic E-state index is -3.45. The minimum absolute atomic E-state index is 0.590. The zero-order chi connectivity index (χ0) is 14.0. The highest BCUT2D eigenvalue weighted by Crippen LogP contribution is 2.09. The van der Waals surface area contributed by atoms with Crippen LogP contribution in [0.5, 0.6) is 0 Å². The number of hydrogen-bond donors (Lipinski definition) is 0. The minimum Gasteiger partial charge on any atom is -0.232 e. The maximum atomic E-state index is 11.9. The number of rotatable bonds is 4. The average Bonchev–Trinajstić information content (AvgIpc) is 2.81. The van der Waals surface area contributed by atoms with Crippen molar-refractivity contribution >= 4 is 21.8 Å². The van der Waals surface area contributed by atoms with Crippen LogP contribution in [0.2, 0.25) is 5.02 Å². The van der Waals surface area contributed by atoms with Crippen molar-refractivity contribution in [3.05, 3.63) is 53.6 Å². The van der Waals surface area contributed by atoms with Gasteiger partial charge < -0.3 is 0 Å². The van der Waals surface area contributed by atoms with Gasteiger partial charge in [-0.25, -0.2) is 4.57 Å². The van der Waals surface area contributed by atoms with E-state index in [0.29, 0.717) is 11.6 Å². The SMILES string of the molecule is CN(C)S(=O)(=O)n1cc[n+](Cc2ccc(Cl)cc2)c1. The molecule has 0 spiro atoms. The van der Waals surface area contributed by atoms with Gasteiger partial charge in [0.15, 0.2) is 0 Å². The second kappa shape index (κ2) is 5.32. The second-order valence-electron chi connectivity index (χ2n) is 4.33. The Balaban J connectivity index is 2.20. The maximum Gasteiger partial charge on any atom is 0.379 e. The number of aromatic nitrogens is 2. The highest BCUT2D eigenvalue weighted by molar-refractivity contribution is 7.87. The molecule has 0 saturated heterocycles. The number of imidazole rings is 1. The Labute approximate surface area is 117 Å². The van der Waals surface area contributed by atoms with Crippen LogP contribution in [0.1, 0.15) is 5.56 Å². The van der Waals surface area contributed by atoms with Gasteiger partial charge in [-0.2, -0.15) is 12.7 Å². The summed E-state index contributed by atoms with van der Waals surface area (Å²) in [5, 5.41) is 0.682. The van der Waals surface area contributed by atoms with Crippen LogP contribution in [0.25, 0.3) is 0 Å². The van der Waals surface area contributed by atoms with Crippen LogP contribution in [-0.2, 0) is 16.8 Å². The standard InChI is InChI=1S/C12H15ClN3O2S/c1-14(2)19(17,18)16-8-7-15(10-16)9-11-3-5-12(13)6-4-11/h3-8,10H,9H2,1-2H3/q+1. The Morgan fingerprint density at radius 3 is 2.47 bits per heavy atom. The molecule has 7 heteroatoms. The summed E-state index contributed by atoms with van der Waals surface area (Å²) < 4.78 is 27.9. The molecule has 102 valence electrons. The lowest BCUT2D eigenvalue weighted by Gasteiger charge is -2.05. The molecular weight excluding hydrogens is 286 g/mol. The van der Waals surface area contributed by atoms with E-state index in [9.17, 15) is 8.42 Å². The van der Waals surface area contributed by atoms with E-state index >= 15 is 0 Å². The van der Waals surface area contributed by atoms with Crippen molar-refractivity contribution in [3.8, 4) is 0 Å². The lowest BCUT2D eigenvalue weighted by molar-refractivity contribution is -0.687. The van der Waals surface area contributed by atoms with Crippen LogP contribution < -0.4 is 4.57 Å². The summed E-state index contributed by atoms with van der Waals surface area (Å²) in [5.41, 5.74) is 1.05. The second-order valence-corrected chi connectivity index (χ2v) is 6.82. The van der Waals surface area contributed by atoms with Gasteiger partial charge in [-0.3, -0.25) is 0 Å². The first-order valence-corrected chi connectivity index (χ1v) is 7.41. The summed E-state index contributed by atoms with van der Waals surface area (Å²) in [6.07, 6.45) is 4.78. The van der Waals surface area contributed by atoms with E-state index in [1.807, 2.05) is 24.3 Å². The summed E-state index contributed by atoms with van der Waals surface area (Å²) in [7, 11) is -0.449. The quantitative estimate of drug-likeness (QED) is 0.795. The summed E-state index contributed by atoms with van der Waals surface area (Å²) in [5.74, 6) is 0. The Kier molecular flexibility index (Phi) is 3.93. The van der Waals surface area contributed by atoms with Crippen molar-refractivity contribution < 1.29 is 13.0 Å². The summed E-state index contributed by atoms with van der Waals surface area (Å²) in [6.45, 7) is 0.590. The molecule has 19 heavy (non-hydrogen) atoms. The van der Waals surface area contributed by atoms with Crippen LogP contribution in [0.4, 0.5) is 0 Å². The molecule has 0 unspecified atom stereocenters. The summed E-state index contributed by atoms with van der Waals surface area (Å²) >= 11 is 5.82. The predicted molar refractivity (Wildman–Crippen MR) is 73.2 cm³/mol. The molecule has 1 heterocycles. The fourth-order valence-electron chi connectivity index (χ4n) is 1.59. The average molecular weight is 301 g/mol. The molecule has 0 N–H and O–H groups in total. The molecule has 1 aromatic carbocycles. The van der Waals surface area contributed by atoms with Gasteiger partial charge in [0.1, 0.15) is 18.9 Å². The lowest BCUT2D eigenvalue weighted by Crippen LogP contribution is -2.34. The van der Waals surface area contributed by atoms with Gasteiger partial charge in [0, 0.05) is 19.1 Å². The molecule has 0 fully saturated rings. The fourth-order valence-corrected chi connectivity index (χ4v) is 2.55. The van der Waals surface area contributed by atoms with Gasteiger partial charge in [0.2, 0.25) is 0 Å². The molecule has 0 aliphatic carbocycles. The Morgan fingerprint density at radius 1 is 1.26 bits per heavy atom. The van der Waals surface area contributed by atoms with E-state index in [1.165, 1.54) is 28.6 Å². The van der Waals surface area contributed by atoms with Gasteiger partial charge in [0.05, 0.1) is 0 Å². The Hall–Kier alpha value is -1.37. The Bertz CT molecular complexity index is 663. The van der Waals surface area contributed by atoms with Crippen LogP contribution in [0, 0.1) is 0 Å². The molecule has 1 aromatic heterocycles. The molecule has 0 saturated carbocycles. The largest absolute Gasteiger partial charge is 0.379 e. The lowest BCUT2D eigenvalue weighted by atomic mass is 10.2. The van der Waals surface area contributed by atoms with Gasteiger partial charge in [0.25, 0.3) is 6.33 Å². The molecule has 0 amide bonds. The normalized spacial score (nSPS) is 12.0. The maximum absolute atomic E-state index is 11.9. The third-order valence-corrected chi connectivity index (χ3v) is 4.60. The Morgan fingerprint density at radius 2 is 1.89 bits per heavy atom. The number of halogens is 1. The first kappa shape index (κ1) is 14.0. The fraction of sp³-hybridized carbons (Fsp3) is 0.250. The van der Waals surface area contributed by atoms with Crippen molar-refractivity contribution in [2.75, 3.05) is 14.1 Å². The molecule has 0 radical (unpaired) electrons. The molecular formula is C12H15ClN3O2S+. The molecule has 2 aromatic rings. The van der Waals surface area contributed by atoms with E-state index in [2.05, 4.69) is 0 Å². The van der Waals surface area contributed by atoms with Gasteiger partial charge in [-0.1, -0.05) is 23.7 Å². The van der Waals surface area contributed by atoms with E-state index in [-0.39, 0.29) is 0 Å². The number of benzene rings is 1. The van der Waals surface area contributed by atoms with Crippen LogP contribution in [0.15, 0.2) is 43.0 Å². The van der Waals surface area contributed by atoms with Crippen molar-refractivity contribution in [2.24, 2.45) is 0 Å². The van der Waals surface area contributed by atoms with Crippen LogP contribution >= 0.6 is 11.6 Å². The molecule has 0 bridgehead atoms. The van der Waals surface area contributed by atoms with Crippen molar-refractivity contribution in [3.63, 3.8) is 0 Å². The van der Waals surface area contributed by atoms with Gasteiger partial charge in [-0.15, -0.1) is 3.97 Å². The molecule has 0 aliphatic heterocycles. The first-order valence-electron chi connectivity index (χ1n) is 5.64. The van der Waals surface area contributed by atoms with Crippen molar-refractivity contribution in [2.45, 2.75) is 6.54 Å². The zero-order valence-corrected chi connectivity index (χ0v) is 12.3. The van der Waals surface area contributed by atoms with E-state index in [0.717, 1.165) is 5.56 Å². The highest BCUT2D eigenvalue weighted by Gasteiger charge is 2.22. The van der Waals surface area contributed by atoms with E-state index in [1.54, 1.807) is 17.1 Å². The summed E-state index contributed by atoms with van der Waals surface area (Å²) in [6, 6.07) is 7.44. The van der Waals surface area contributed by atoms with Crippen LogP contribution in [0.3, 0.4) is 0 Å². The molecule has 0 atom stereocenters. The smallest absolute Gasteiger partial charge is 0.232 e. The van der Waals surface area contributed by atoms with Crippen molar-refractivity contribution in [1.82, 2.24) is 8.28 Å². The monoisotopic (exact) mass is 300 g/mol. The predicted octanol–water partition coefficient (Wildman–Crippen LogP) is 1.13. The molecule has 5 nitrogen and oxygen atoms in total. The van der Waals surface area contributed by atoms with Gasteiger partial charge >= 0.3 is 10.2 Å². The third kappa shape index (κ3) is 3.15. The van der Waals surface area contributed by atoms with E-state index in [4.69, 9.17) is 11.6 Å². The zero-order valence-electron chi connectivity index (χ0n) is 10.7. The summed E-state index contributed by atoms with van der Waals surface area (Å²) in [4.78, 5) is 0. The highest BCUT2D eigenvalue weighted by atomic mass is 35.5. The van der Waals surface area contributed by atoms with Crippen LogP contribution in [-0.4, -0.2) is 30.8 Å². The molecule has 0 aliphatic rings. The first-order chi connectivity index (χ1) is 8.89. The number of hydrogen-bond acceptors (Lipinski definition) is 2.